The number of nitrogens with zero attached hydrogens (tertiary/aromatic N) is 2. The Labute approximate surface area is 301 Å². The molecule has 2 aromatic heterocycles. The van der Waals surface area contributed by atoms with E-state index in [0.717, 1.165) is 56.9 Å². The Balaban J connectivity index is 0.989. The minimum absolute atomic E-state index is 0.153. The first-order valence-corrected chi connectivity index (χ1v) is 18.2. The molecular formula is C49H34N2O. The zero-order chi connectivity index (χ0) is 34.6. The van der Waals surface area contributed by atoms with Crippen LogP contribution in [-0.2, 0) is 5.41 Å². The molecule has 52 heavy (non-hydrogen) atoms. The van der Waals surface area contributed by atoms with Crippen LogP contribution in [0.25, 0.3) is 88.7 Å². The molecule has 0 unspecified atom stereocenters. The van der Waals surface area contributed by atoms with E-state index in [2.05, 4.69) is 153 Å². The van der Waals surface area contributed by atoms with Gasteiger partial charge in [-0.25, -0.2) is 4.98 Å². The standard InChI is InChI=1S/C49H34N2O/c1-49(2)42-26-30(21-23-36(42)37-24-22-31(27-43(37)49)33-18-10-19-41-38-15-7-8-20-45(38)52-48(33)41)29-11-9-12-32(25-29)44-28-50-46-39-16-5-3-13-34(39)35-14-4-6-17-40(35)47(46)51-44/h3-9,11-17,19-28H,10,18H2,1-2H3. The zero-order valence-electron chi connectivity index (χ0n) is 29.1. The number of hydrogen-bond donors (Lipinski definition) is 0. The van der Waals surface area contributed by atoms with E-state index in [4.69, 9.17) is 14.4 Å². The first-order chi connectivity index (χ1) is 25.5. The number of furan rings is 1. The number of rotatable bonds is 3. The minimum Gasteiger partial charge on any atom is -0.456 e. The van der Waals surface area contributed by atoms with Crippen LogP contribution in [0.3, 0.4) is 0 Å². The van der Waals surface area contributed by atoms with Crippen LogP contribution in [0.15, 0.2) is 144 Å². The Hall–Kier alpha value is -6.32. The van der Waals surface area contributed by atoms with Gasteiger partial charge >= 0.3 is 0 Å². The van der Waals surface area contributed by atoms with Crippen LogP contribution in [0.4, 0.5) is 0 Å². The maximum atomic E-state index is 6.48. The van der Waals surface area contributed by atoms with Crippen molar-refractivity contribution in [2.75, 3.05) is 0 Å². The van der Waals surface area contributed by atoms with Crippen molar-refractivity contribution in [2.45, 2.75) is 32.1 Å². The number of aromatic nitrogens is 2. The Morgan fingerprint density at radius 1 is 0.558 bits per heavy atom. The van der Waals surface area contributed by atoms with Gasteiger partial charge < -0.3 is 4.42 Å². The van der Waals surface area contributed by atoms with Gasteiger partial charge in [0.25, 0.3) is 0 Å². The van der Waals surface area contributed by atoms with Crippen molar-refractivity contribution >= 4 is 55.2 Å². The summed E-state index contributed by atoms with van der Waals surface area (Å²) in [4.78, 5) is 10.3. The predicted octanol–water partition coefficient (Wildman–Crippen LogP) is 11.1. The Morgan fingerprint density at radius 3 is 1.94 bits per heavy atom. The molecule has 0 fully saturated rings. The van der Waals surface area contributed by atoms with Crippen LogP contribution in [0.5, 0.6) is 0 Å². The third-order valence-electron chi connectivity index (χ3n) is 11.6. The van der Waals surface area contributed by atoms with E-state index in [-0.39, 0.29) is 5.41 Å². The summed E-state index contributed by atoms with van der Waals surface area (Å²) >= 11 is 0. The van der Waals surface area contributed by atoms with Gasteiger partial charge in [0.1, 0.15) is 11.0 Å². The SMILES string of the molecule is CC1(C)c2cc(C3=c4oc5ccccc5c4=CCC3)ccc2-c2ccc(-c3cccc(-c4cnc5c6ccccc6c6ccccc6c5n4)c3)cc21. The van der Waals surface area contributed by atoms with Crippen molar-refractivity contribution in [2.24, 2.45) is 0 Å². The molecule has 11 rings (SSSR count). The fourth-order valence-corrected chi connectivity index (χ4v) is 8.97. The van der Waals surface area contributed by atoms with Crippen LogP contribution in [0.2, 0.25) is 0 Å². The quantitative estimate of drug-likeness (QED) is 0.176. The molecule has 9 aromatic rings. The molecule has 0 aliphatic heterocycles. The summed E-state index contributed by atoms with van der Waals surface area (Å²) in [5.74, 6) is 0. The van der Waals surface area contributed by atoms with Crippen LogP contribution in [0, 0.1) is 0 Å². The third kappa shape index (κ3) is 4.20. The van der Waals surface area contributed by atoms with Crippen molar-refractivity contribution in [3.63, 3.8) is 0 Å². The van der Waals surface area contributed by atoms with Gasteiger partial charge in [0.05, 0.1) is 22.9 Å². The number of hydrogen-bond acceptors (Lipinski definition) is 3. The van der Waals surface area contributed by atoms with Crippen LogP contribution in [-0.4, -0.2) is 9.97 Å². The maximum Gasteiger partial charge on any atom is 0.138 e. The minimum atomic E-state index is -0.153. The first-order valence-electron chi connectivity index (χ1n) is 18.2. The maximum absolute atomic E-state index is 6.48. The van der Waals surface area contributed by atoms with Crippen molar-refractivity contribution < 1.29 is 4.42 Å². The zero-order valence-corrected chi connectivity index (χ0v) is 29.1. The van der Waals surface area contributed by atoms with E-state index < -0.39 is 0 Å². The second-order valence-corrected chi connectivity index (χ2v) is 14.8. The molecule has 246 valence electrons. The van der Waals surface area contributed by atoms with Crippen molar-refractivity contribution in [3.8, 4) is 33.5 Å². The lowest BCUT2D eigenvalue weighted by atomic mass is 9.80. The fraction of sp³-hybridized carbons (Fsp3) is 0.102. The van der Waals surface area contributed by atoms with Crippen molar-refractivity contribution in [1.82, 2.24) is 9.97 Å². The lowest BCUT2D eigenvalue weighted by Crippen LogP contribution is -2.26. The molecule has 0 N–H and O–H groups in total. The van der Waals surface area contributed by atoms with E-state index >= 15 is 0 Å². The molecule has 2 aliphatic carbocycles. The molecule has 7 aromatic carbocycles. The first kappa shape index (κ1) is 29.4. The summed E-state index contributed by atoms with van der Waals surface area (Å²) in [6, 6.07) is 48.2. The second-order valence-electron chi connectivity index (χ2n) is 14.8. The fourth-order valence-electron chi connectivity index (χ4n) is 8.97. The summed E-state index contributed by atoms with van der Waals surface area (Å²) in [6.45, 7) is 4.73. The second kappa shape index (κ2) is 10.8. The number of para-hydroxylation sites is 1. The molecule has 0 spiro atoms. The monoisotopic (exact) mass is 666 g/mol. The summed E-state index contributed by atoms with van der Waals surface area (Å²) in [6.07, 6.45) is 6.27. The van der Waals surface area contributed by atoms with Gasteiger partial charge in [-0.15, -0.1) is 0 Å². The smallest absolute Gasteiger partial charge is 0.138 e. The van der Waals surface area contributed by atoms with E-state index in [0.29, 0.717) is 0 Å². The highest BCUT2D eigenvalue weighted by Gasteiger charge is 2.36. The topological polar surface area (TPSA) is 38.9 Å². The van der Waals surface area contributed by atoms with Gasteiger partial charge in [0.15, 0.2) is 0 Å². The molecule has 0 saturated carbocycles. The van der Waals surface area contributed by atoms with Gasteiger partial charge in [0.2, 0.25) is 0 Å². The number of benzene rings is 7. The van der Waals surface area contributed by atoms with E-state index in [9.17, 15) is 0 Å². The highest BCUT2D eigenvalue weighted by atomic mass is 16.3. The summed E-state index contributed by atoms with van der Waals surface area (Å²) in [5.41, 5.74) is 16.0. The van der Waals surface area contributed by atoms with E-state index in [1.165, 1.54) is 65.9 Å². The molecule has 0 bridgehead atoms. The van der Waals surface area contributed by atoms with Gasteiger partial charge in [-0.3, -0.25) is 4.98 Å². The predicted molar refractivity (Wildman–Crippen MR) is 215 cm³/mol. The van der Waals surface area contributed by atoms with Crippen LogP contribution >= 0.6 is 0 Å². The molecule has 2 heterocycles. The third-order valence-corrected chi connectivity index (χ3v) is 11.6. The van der Waals surface area contributed by atoms with Gasteiger partial charge in [0, 0.05) is 37.9 Å². The van der Waals surface area contributed by atoms with Crippen LogP contribution < -0.4 is 10.6 Å². The largest absolute Gasteiger partial charge is 0.456 e. The Morgan fingerprint density at radius 2 is 1.17 bits per heavy atom. The van der Waals surface area contributed by atoms with E-state index in [1.54, 1.807) is 0 Å². The molecular weight excluding hydrogens is 633 g/mol. The van der Waals surface area contributed by atoms with Gasteiger partial charge in [-0.1, -0.05) is 129 Å². The number of fused-ring (bicyclic) bond motifs is 12. The molecule has 0 saturated heterocycles. The highest BCUT2D eigenvalue weighted by molar-refractivity contribution is 6.23. The lowest BCUT2D eigenvalue weighted by Gasteiger charge is -2.23. The lowest BCUT2D eigenvalue weighted by molar-refractivity contribution is 0.568. The Kier molecular flexibility index (Phi) is 6.13. The van der Waals surface area contributed by atoms with Crippen LogP contribution in [0.1, 0.15) is 43.4 Å². The summed E-state index contributed by atoms with van der Waals surface area (Å²) in [7, 11) is 0. The molecule has 2 aliphatic rings. The summed E-state index contributed by atoms with van der Waals surface area (Å²) in [5, 5.41) is 7.11. The Bertz CT molecular complexity index is 3070. The summed E-state index contributed by atoms with van der Waals surface area (Å²) < 4.78 is 6.48. The van der Waals surface area contributed by atoms with Crippen molar-refractivity contribution in [1.29, 1.82) is 0 Å². The molecule has 3 heteroatoms. The average molecular weight is 667 g/mol. The van der Waals surface area contributed by atoms with Gasteiger partial charge in [-0.05, 0) is 86.8 Å². The van der Waals surface area contributed by atoms with E-state index in [1.807, 2.05) is 6.20 Å². The molecule has 0 atom stereocenters. The molecule has 0 amide bonds. The normalized spacial score (nSPS) is 14.5. The molecule has 3 nitrogen and oxygen atoms in total. The molecule has 0 radical (unpaired) electrons. The average Bonchev–Trinajstić information content (AvgIpc) is 3.69. The highest BCUT2D eigenvalue weighted by Crippen LogP contribution is 2.50. The van der Waals surface area contributed by atoms with Gasteiger partial charge in [-0.2, -0.15) is 0 Å². The van der Waals surface area contributed by atoms with Crippen molar-refractivity contribution in [3.05, 3.63) is 167 Å².